The van der Waals surface area contributed by atoms with Crippen molar-refractivity contribution in [3.8, 4) is 0 Å². The van der Waals surface area contributed by atoms with Crippen molar-refractivity contribution in [3.05, 3.63) is 0 Å². The number of rotatable bonds is 11. The van der Waals surface area contributed by atoms with E-state index in [0.717, 1.165) is 189 Å². The molecule has 0 aromatic heterocycles. The van der Waals surface area contributed by atoms with Crippen LogP contribution in [0, 0.1) is 16.2 Å². The van der Waals surface area contributed by atoms with Gasteiger partial charge in [-0.25, -0.2) is 0 Å². The Hall–Kier alpha value is -0.880. The standard InChI is InChI=1S/2C10H20O2.2C9H18O2.C8H14O2.4C8H16O2.2C7H14O2/c1-4-5-6-9-7-8-11-10(2,3)12-9;1-3-4-5-7-10(2)11-8-6-9-12-10;1-8(2,3)9(4)10-6-5-7-11-9;1-5-9(4)6-10-8(2,3)11-7-9;1-8(2)9-6-3-4-7(5-6)10-8;1-7(2)5-9-8(3,4)10-6-7;1-7(2)5-6-9-8(3,4)10-7;1-6-5-7(2)10-8(3,4)9-6;1-3-8(4-2)9-6-5-7-10-8;1-6-4-5-8-7(2,3)9-6;1-3-7(2)8-5-4-6-9-7/h9H,4-8H2,1-3H3;3-9H2,1-2H3;2*5-7H2,1-4H3;6-7H,3-5H2,1-2H3;2*5-6H2,1-4H3;6-7H,5H2,1-4H3;3-7H2,1-2H3;6H,4-5H2,1-3H3;3-6H2,1-2H3. The average molecular weight is 1640 g/mol. The van der Waals surface area contributed by atoms with Gasteiger partial charge in [0, 0.05) is 29.1 Å². The van der Waals surface area contributed by atoms with E-state index in [0.29, 0.717) is 36.6 Å². The molecule has 0 radical (unpaired) electrons. The van der Waals surface area contributed by atoms with Gasteiger partial charge in [-0.05, 0) is 255 Å². The Balaban J connectivity index is 0.000000426. The van der Waals surface area contributed by atoms with Crippen molar-refractivity contribution in [1.82, 2.24) is 0 Å². The topological polar surface area (TPSA) is 203 Å². The molecule has 12 aliphatic rings. The molecule has 11 aliphatic heterocycles. The monoisotopic (exact) mass is 1640 g/mol. The molecule has 0 aromatic rings. The number of ether oxygens (including phenoxy) is 22. The van der Waals surface area contributed by atoms with Crippen LogP contribution in [0.1, 0.15) is 377 Å². The number of hydrogen-bond donors (Lipinski definition) is 0. The van der Waals surface area contributed by atoms with Gasteiger partial charge in [0.2, 0.25) is 0 Å². The highest BCUT2D eigenvalue weighted by molar-refractivity contribution is 4.85. The highest BCUT2D eigenvalue weighted by atomic mass is 16.8. The van der Waals surface area contributed by atoms with Gasteiger partial charge < -0.3 is 104 Å². The van der Waals surface area contributed by atoms with Gasteiger partial charge in [0.15, 0.2) is 63.7 Å². The fourth-order valence-corrected chi connectivity index (χ4v) is 14.0. The van der Waals surface area contributed by atoms with Gasteiger partial charge in [0.25, 0.3) is 0 Å². The SMILES string of the molecule is CC(C)(C)C1(C)OCCCO1.CC1(C)CCOC(C)(C)O1.CC1(C)COC(C)(C)OC1.CC1(C)OC2CCC(C2)O1.CC1CC(C)OC(C)(C)O1.CC1CCOC(C)(C)O1.CCC1(C)COC(C)(C)OC1.CCC1(C)OCCCO1.CCC1(CC)OCCCO1.CCCCC1CCOC(C)(C)O1.CCCCCC1(C)OCCCO1. The smallest absolute Gasteiger partial charge is 0.170 e. The van der Waals surface area contributed by atoms with Crippen LogP contribution in [0.2, 0.25) is 0 Å². The molecule has 6 atom stereocenters. The predicted molar refractivity (Wildman–Crippen MR) is 454 cm³/mol. The van der Waals surface area contributed by atoms with Gasteiger partial charge in [-0.2, -0.15) is 0 Å². The molecule has 11 heterocycles. The van der Waals surface area contributed by atoms with Gasteiger partial charge in [-0.1, -0.05) is 109 Å². The predicted octanol–water partition coefficient (Wildman–Crippen LogP) is 22.2. The third kappa shape index (κ3) is 47.1. The minimum Gasteiger partial charge on any atom is -0.350 e. The summed E-state index contributed by atoms with van der Waals surface area (Å²) in [4.78, 5) is 0. The molecule has 22 heteroatoms. The third-order valence-electron chi connectivity index (χ3n) is 21.8. The molecule has 11 saturated heterocycles. The first-order valence-corrected chi connectivity index (χ1v) is 44.9. The average Bonchev–Trinajstić information content (AvgIpc) is 1.43. The molecule has 12 fully saturated rings. The zero-order chi connectivity index (χ0) is 86.7. The van der Waals surface area contributed by atoms with Gasteiger partial charge in [0.1, 0.15) is 0 Å². The maximum Gasteiger partial charge on any atom is 0.170 e. The van der Waals surface area contributed by atoms with E-state index in [2.05, 4.69) is 125 Å². The lowest BCUT2D eigenvalue weighted by Gasteiger charge is -2.43. The Morgan fingerprint density at radius 1 is 0.316 bits per heavy atom. The lowest BCUT2D eigenvalue weighted by atomic mass is 9.86. The van der Waals surface area contributed by atoms with Crippen molar-refractivity contribution in [2.45, 2.75) is 483 Å². The Kier molecular flexibility index (Phi) is 48.1. The molecule has 2 bridgehead atoms. The molecule has 22 nitrogen and oxygen atoms in total. The maximum atomic E-state index is 5.75. The fourth-order valence-electron chi connectivity index (χ4n) is 14.0. The maximum absolute atomic E-state index is 5.75. The summed E-state index contributed by atoms with van der Waals surface area (Å²) in [5, 5.41) is 0. The zero-order valence-electron chi connectivity index (χ0n) is 80.1. The van der Waals surface area contributed by atoms with Crippen LogP contribution in [0.4, 0.5) is 0 Å². The van der Waals surface area contributed by atoms with E-state index in [1.54, 1.807) is 0 Å². The second-order valence-electron chi connectivity index (χ2n) is 39.3. The molecule has 0 amide bonds. The summed E-state index contributed by atoms with van der Waals surface area (Å²) in [6.07, 6.45) is 26.6. The summed E-state index contributed by atoms with van der Waals surface area (Å²) in [6.45, 7) is 82.3. The Labute approximate surface area is 698 Å². The first-order valence-electron chi connectivity index (χ1n) is 44.9. The first kappa shape index (κ1) is 109. The van der Waals surface area contributed by atoms with E-state index in [4.69, 9.17) is 104 Å². The van der Waals surface area contributed by atoms with Crippen LogP contribution in [-0.4, -0.2) is 205 Å². The summed E-state index contributed by atoms with van der Waals surface area (Å²) < 4.78 is 122. The van der Waals surface area contributed by atoms with E-state index < -0.39 is 0 Å². The summed E-state index contributed by atoms with van der Waals surface area (Å²) in [5.74, 6) is -3.68. The van der Waals surface area contributed by atoms with E-state index in [-0.39, 0.29) is 85.5 Å². The van der Waals surface area contributed by atoms with Crippen LogP contribution in [0.15, 0.2) is 0 Å². The summed E-state index contributed by atoms with van der Waals surface area (Å²) >= 11 is 0. The third-order valence-corrected chi connectivity index (χ3v) is 21.8. The minimum absolute atomic E-state index is 0.0122. The lowest BCUT2D eigenvalue weighted by molar-refractivity contribution is -0.302. The molecule has 114 heavy (non-hydrogen) atoms. The second-order valence-corrected chi connectivity index (χ2v) is 39.3. The van der Waals surface area contributed by atoms with E-state index in [1.807, 2.05) is 111 Å². The fraction of sp³-hybridized carbons (Fsp3) is 1.00. The van der Waals surface area contributed by atoms with E-state index in [9.17, 15) is 0 Å². The molecular formula is C92H182O22. The van der Waals surface area contributed by atoms with E-state index in [1.165, 1.54) is 51.4 Å². The van der Waals surface area contributed by atoms with Crippen LogP contribution in [0.25, 0.3) is 0 Å². The first-order chi connectivity index (χ1) is 52.5. The quantitative estimate of drug-likeness (QED) is 0.176. The largest absolute Gasteiger partial charge is 0.350 e. The Morgan fingerprint density at radius 2 is 0.719 bits per heavy atom. The molecule has 682 valence electrons. The van der Waals surface area contributed by atoms with Crippen molar-refractivity contribution in [3.63, 3.8) is 0 Å². The Bertz CT molecular complexity index is 2380. The molecule has 1 saturated carbocycles. The van der Waals surface area contributed by atoms with Gasteiger partial charge in [-0.3, -0.25) is 0 Å². The van der Waals surface area contributed by atoms with Crippen molar-refractivity contribution in [1.29, 1.82) is 0 Å². The molecule has 0 N–H and O–H groups in total. The van der Waals surface area contributed by atoms with Crippen LogP contribution >= 0.6 is 0 Å². The van der Waals surface area contributed by atoms with Gasteiger partial charge in [0.05, 0.1) is 141 Å². The van der Waals surface area contributed by atoms with Crippen molar-refractivity contribution < 1.29 is 104 Å². The molecule has 6 unspecified atom stereocenters. The van der Waals surface area contributed by atoms with Gasteiger partial charge >= 0.3 is 0 Å². The summed E-state index contributed by atoms with van der Waals surface area (Å²) in [7, 11) is 0. The molecule has 12 rings (SSSR count). The van der Waals surface area contributed by atoms with Gasteiger partial charge in [-0.15, -0.1) is 0 Å². The zero-order valence-corrected chi connectivity index (χ0v) is 80.1. The summed E-state index contributed by atoms with van der Waals surface area (Å²) in [5.41, 5.74) is 0.472. The molecule has 0 spiro atoms. The minimum atomic E-state index is -0.387. The van der Waals surface area contributed by atoms with Crippen molar-refractivity contribution >= 4 is 0 Å². The second kappa shape index (κ2) is 50.2. The number of unbranched alkanes of at least 4 members (excludes halogenated alkanes) is 3. The van der Waals surface area contributed by atoms with Crippen LogP contribution in [0.3, 0.4) is 0 Å². The highest BCUT2D eigenvalue weighted by Crippen LogP contribution is 2.39. The summed E-state index contributed by atoms with van der Waals surface area (Å²) in [6, 6.07) is 0. The number of hydrogen-bond acceptors (Lipinski definition) is 22. The molecule has 0 aromatic carbocycles. The van der Waals surface area contributed by atoms with Crippen LogP contribution in [0.5, 0.6) is 0 Å². The van der Waals surface area contributed by atoms with Crippen molar-refractivity contribution in [2.75, 3.05) is 99.1 Å². The lowest BCUT2D eigenvalue weighted by Crippen LogP contribution is -2.48. The number of fused-ring (bicyclic) bond motifs is 2. The molecule has 1 aliphatic carbocycles. The highest BCUT2D eigenvalue weighted by Gasteiger charge is 2.43. The van der Waals surface area contributed by atoms with Crippen LogP contribution < -0.4 is 0 Å². The van der Waals surface area contributed by atoms with Crippen LogP contribution in [-0.2, 0) is 104 Å². The normalized spacial score (nSPS) is 30.1. The van der Waals surface area contributed by atoms with Crippen molar-refractivity contribution in [2.24, 2.45) is 16.2 Å². The molecular weight excluding hydrogens is 1460 g/mol. The van der Waals surface area contributed by atoms with E-state index >= 15 is 0 Å². The Morgan fingerprint density at radius 3 is 1.05 bits per heavy atom.